The van der Waals surface area contributed by atoms with Gasteiger partial charge in [0.25, 0.3) is 0 Å². The second kappa shape index (κ2) is 17.9. The van der Waals surface area contributed by atoms with Crippen LogP contribution in [-0.4, -0.2) is 73.0 Å². The third-order valence-corrected chi connectivity index (χ3v) is 7.22. The minimum atomic E-state index is 0.0392. The maximum Gasteiger partial charge on any atom is 0.129 e. The van der Waals surface area contributed by atoms with Crippen LogP contribution in [0.2, 0.25) is 6.04 Å². The van der Waals surface area contributed by atoms with Crippen molar-refractivity contribution in [3.63, 3.8) is 0 Å². The molecule has 0 aliphatic carbocycles. The highest BCUT2D eigenvalue weighted by Gasteiger charge is 2.36. The fourth-order valence-electron chi connectivity index (χ4n) is 4.78. The van der Waals surface area contributed by atoms with E-state index in [1.54, 1.807) is 0 Å². The van der Waals surface area contributed by atoms with E-state index in [0.29, 0.717) is 0 Å². The summed E-state index contributed by atoms with van der Waals surface area (Å²) in [5.74, 6) is 0.0392. The molecule has 0 saturated carbocycles. The predicted molar refractivity (Wildman–Crippen MR) is 132 cm³/mol. The van der Waals surface area contributed by atoms with E-state index in [1.165, 1.54) is 119 Å². The normalized spacial score (nSPS) is 12.8. The average Bonchev–Trinajstić information content (AvgIpc) is 2.63. The van der Waals surface area contributed by atoms with E-state index < -0.39 is 0 Å². The van der Waals surface area contributed by atoms with Crippen LogP contribution in [0.15, 0.2) is 0 Å². The van der Waals surface area contributed by atoms with Crippen LogP contribution >= 0.6 is 0 Å². The van der Waals surface area contributed by atoms with Crippen molar-refractivity contribution in [2.75, 3.05) is 42.3 Å². The molecule has 0 aliphatic heterocycles. The molecule has 0 radical (unpaired) electrons. The molecule has 0 N–H and O–H groups in total. The van der Waals surface area contributed by atoms with E-state index in [0.717, 1.165) is 0 Å². The van der Waals surface area contributed by atoms with Crippen LogP contribution in [-0.2, 0) is 0 Å². The molecule has 4 heteroatoms. The molecular weight excluding hydrogens is 358 g/mol. The summed E-state index contributed by atoms with van der Waals surface area (Å²) in [5.41, 5.74) is 0. The number of hydrogen-bond donors (Lipinski definition) is 0. The van der Waals surface area contributed by atoms with E-state index >= 15 is 0 Å². The van der Waals surface area contributed by atoms with Gasteiger partial charge in [0.1, 0.15) is 5.79 Å². The Morgan fingerprint density at radius 1 is 0.429 bits per heavy atom. The van der Waals surface area contributed by atoms with E-state index in [9.17, 15) is 0 Å². The third kappa shape index (κ3) is 11.9. The second-order valence-corrected chi connectivity index (χ2v) is 10.5. The molecule has 0 amide bonds. The summed E-state index contributed by atoms with van der Waals surface area (Å²) in [6, 6.07) is 1.50. The fourth-order valence-corrected chi connectivity index (χ4v) is 5.28. The Bertz CT molecular complexity index is 310. The molecule has 0 aromatic carbocycles. The van der Waals surface area contributed by atoms with Crippen LogP contribution in [0.5, 0.6) is 0 Å². The van der Waals surface area contributed by atoms with Gasteiger partial charge in [-0.25, -0.2) is 0 Å². The molecule has 0 unspecified atom stereocenters. The molecule has 0 aliphatic rings. The molecule has 170 valence electrons. The van der Waals surface area contributed by atoms with Crippen molar-refractivity contribution in [3.8, 4) is 0 Å². The maximum atomic E-state index is 2.36. The van der Waals surface area contributed by atoms with Crippen LogP contribution < -0.4 is 0 Å². The van der Waals surface area contributed by atoms with Crippen molar-refractivity contribution in [2.24, 2.45) is 0 Å². The van der Waals surface area contributed by atoms with Gasteiger partial charge < -0.3 is 0 Å². The van der Waals surface area contributed by atoms with Gasteiger partial charge in [-0.15, -0.1) is 0 Å². The van der Waals surface area contributed by atoms with Crippen molar-refractivity contribution >= 4 is 10.2 Å². The van der Waals surface area contributed by atoms with Crippen molar-refractivity contribution in [3.05, 3.63) is 0 Å². The Morgan fingerprint density at radius 3 is 0.929 bits per heavy atom. The highest BCUT2D eigenvalue weighted by Crippen LogP contribution is 2.26. The lowest BCUT2D eigenvalue weighted by atomic mass is 10.0. The van der Waals surface area contributed by atoms with Crippen molar-refractivity contribution in [1.82, 2.24) is 14.7 Å². The molecule has 0 saturated heterocycles. The highest BCUT2D eigenvalue weighted by molar-refractivity contribution is 6.08. The van der Waals surface area contributed by atoms with Gasteiger partial charge >= 0.3 is 0 Å². The lowest BCUT2D eigenvalue weighted by Gasteiger charge is -2.50. The summed E-state index contributed by atoms with van der Waals surface area (Å²) in [4.78, 5) is 7.08. The SMILES string of the molecule is CN(C)C(CCCCCCCCCCCCCCCCC[SiH3])(N(C)C)N(C)C. The zero-order chi connectivity index (χ0) is 21.3. The highest BCUT2D eigenvalue weighted by atomic mass is 28.1. The molecule has 28 heavy (non-hydrogen) atoms. The molecule has 0 fully saturated rings. The first-order valence-corrected chi connectivity index (χ1v) is 13.8. The predicted octanol–water partition coefficient (Wildman–Crippen LogP) is 5.35. The summed E-state index contributed by atoms with van der Waals surface area (Å²) in [7, 11) is 14.6. The van der Waals surface area contributed by atoms with Gasteiger partial charge in [0, 0.05) is 10.2 Å². The minimum absolute atomic E-state index is 0.0392. The maximum absolute atomic E-state index is 2.36. The minimum Gasteiger partial charge on any atom is -0.279 e. The Balaban J connectivity index is 3.55. The van der Waals surface area contributed by atoms with E-state index in [-0.39, 0.29) is 5.79 Å². The molecule has 0 atom stereocenters. The molecule has 0 heterocycles. The topological polar surface area (TPSA) is 9.72 Å². The first kappa shape index (κ1) is 28.1. The molecule has 3 nitrogen and oxygen atoms in total. The van der Waals surface area contributed by atoms with Crippen LogP contribution in [0.4, 0.5) is 0 Å². The van der Waals surface area contributed by atoms with Crippen molar-refractivity contribution in [1.29, 1.82) is 0 Å². The van der Waals surface area contributed by atoms with Gasteiger partial charge in [0.15, 0.2) is 0 Å². The number of hydrogen-bond acceptors (Lipinski definition) is 3. The zero-order valence-electron chi connectivity index (χ0n) is 20.9. The van der Waals surface area contributed by atoms with Gasteiger partial charge in [-0.3, -0.25) is 14.7 Å². The summed E-state index contributed by atoms with van der Waals surface area (Å²) < 4.78 is 0. The molecule has 0 rings (SSSR count). The lowest BCUT2D eigenvalue weighted by Crippen LogP contribution is -2.63. The van der Waals surface area contributed by atoms with Crippen LogP contribution in [0, 0.1) is 0 Å². The number of unbranched alkanes of at least 4 members (excludes halogenated alkanes) is 14. The number of nitrogens with zero attached hydrogens (tertiary/aromatic N) is 3. The van der Waals surface area contributed by atoms with E-state index in [4.69, 9.17) is 0 Å². The zero-order valence-corrected chi connectivity index (χ0v) is 22.9. The van der Waals surface area contributed by atoms with Crippen molar-refractivity contribution < 1.29 is 0 Å². The monoisotopic (exact) mass is 413 g/mol. The van der Waals surface area contributed by atoms with Crippen molar-refractivity contribution in [2.45, 2.75) is 115 Å². The summed E-state index contributed by atoms with van der Waals surface area (Å²) in [6.45, 7) is 0. The van der Waals surface area contributed by atoms with Crippen LogP contribution in [0.25, 0.3) is 0 Å². The van der Waals surface area contributed by atoms with E-state index in [2.05, 4.69) is 57.0 Å². The fraction of sp³-hybridized carbons (Fsp3) is 1.00. The Kier molecular flexibility index (Phi) is 18.0. The largest absolute Gasteiger partial charge is 0.279 e. The molecule has 0 aromatic heterocycles. The van der Waals surface area contributed by atoms with Gasteiger partial charge in [0.2, 0.25) is 0 Å². The molecule has 0 bridgehead atoms. The van der Waals surface area contributed by atoms with Gasteiger partial charge in [-0.1, -0.05) is 95.9 Å². The average molecular weight is 414 g/mol. The lowest BCUT2D eigenvalue weighted by molar-refractivity contribution is -0.115. The summed E-state index contributed by atoms with van der Waals surface area (Å²) in [6.07, 6.45) is 23.0. The summed E-state index contributed by atoms with van der Waals surface area (Å²) in [5, 5.41) is 0. The first-order valence-electron chi connectivity index (χ1n) is 12.4. The van der Waals surface area contributed by atoms with Gasteiger partial charge in [-0.05, 0) is 55.1 Å². The molecular formula is C24H55N3Si. The molecule has 0 aromatic rings. The quantitative estimate of drug-likeness (QED) is 0.151. The standard InChI is InChI=1S/C24H55N3Si/c1-25(2)24(26(3)4,27(5)6)22-20-18-16-14-12-10-8-7-9-11-13-15-17-19-21-23-28/h7-23H2,1-6,28H3. The van der Waals surface area contributed by atoms with E-state index in [1.807, 2.05) is 0 Å². The smallest absolute Gasteiger partial charge is 0.129 e. The first-order chi connectivity index (χ1) is 13.4. The number of rotatable bonds is 20. The van der Waals surface area contributed by atoms with Gasteiger partial charge in [-0.2, -0.15) is 0 Å². The summed E-state index contributed by atoms with van der Waals surface area (Å²) >= 11 is 0. The van der Waals surface area contributed by atoms with Crippen LogP contribution in [0.3, 0.4) is 0 Å². The van der Waals surface area contributed by atoms with Gasteiger partial charge in [0.05, 0.1) is 0 Å². The molecule has 0 spiro atoms. The second-order valence-electron chi connectivity index (χ2n) is 9.51. The third-order valence-electron chi connectivity index (χ3n) is 6.51. The Labute approximate surface area is 182 Å². The Morgan fingerprint density at radius 2 is 0.679 bits per heavy atom. The van der Waals surface area contributed by atoms with Crippen LogP contribution in [0.1, 0.15) is 103 Å². The Hall–Kier alpha value is 0.0969.